The van der Waals surface area contributed by atoms with Crippen molar-refractivity contribution in [1.29, 1.82) is 0 Å². The lowest BCUT2D eigenvalue weighted by Crippen LogP contribution is -1.99. The first kappa shape index (κ1) is 17.8. The van der Waals surface area contributed by atoms with Gasteiger partial charge < -0.3 is 9.47 Å². The molecule has 0 unspecified atom stereocenters. The average Bonchev–Trinajstić information content (AvgIpc) is 2.58. The molecule has 2 aromatic carbocycles. The molecule has 124 valence electrons. The molecule has 2 rings (SSSR count). The predicted molar refractivity (Wildman–Crippen MR) is 92.4 cm³/mol. The minimum atomic E-state index is -0.467. The van der Waals surface area contributed by atoms with Crippen LogP contribution in [0.2, 0.25) is 5.02 Å². The molecule has 0 saturated carbocycles. The largest absolute Gasteiger partial charge is 0.487 e. The van der Waals surface area contributed by atoms with Gasteiger partial charge in [-0.3, -0.25) is 0 Å². The Balaban J connectivity index is 1.99. The van der Waals surface area contributed by atoms with E-state index in [0.29, 0.717) is 21.9 Å². The highest BCUT2D eigenvalue weighted by Crippen LogP contribution is 2.27. The summed E-state index contributed by atoms with van der Waals surface area (Å²) in [6.45, 7) is 3.70. The summed E-state index contributed by atoms with van der Waals surface area (Å²) >= 11 is 6.15. The molecule has 0 saturated heterocycles. The number of halogens is 2. The van der Waals surface area contributed by atoms with Crippen molar-refractivity contribution in [2.75, 3.05) is 6.61 Å². The summed E-state index contributed by atoms with van der Waals surface area (Å²) in [6.07, 6.45) is 4.37. The molecule has 5 heteroatoms. The Labute approximate surface area is 145 Å². The second-order valence-electron chi connectivity index (χ2n) is 4.82. The first-order chi connectivity index (χ1) is 11.6. The van der Waals surface area contributed by atoms with Crippen molar-refractivity contribution in [2.24, 2.45) is 0 Å². The third kappa shape index (κ3) is 5.25. The van der Waals surface area contributed by atoms with E-state index in [1.807, 2.05) is 0 Å². The number of esters is 1. The first-order valence-corrected chi connectivity index (χ1v) is 7.59. The molecular weight excluding hydrogens is 331 g/mol. The van der Waals surface area contributed by atoms with E-state index in [-0.39, 0.29) is 19.0 Å². The van der Waals surface area contributed by atoms with Crippen LogP contribution in [0.5, 0.6) is 5.75 Å². The smallest absolute Gasteiger partial charge is 0.331 e. The van der Waals surface area contributed by atoms with Crippen molar-refractivity contribution in [3.05, 3.63) is 83.2 Å². The van der Waals surface area contributed by atoms with Gasteiger partial charge in [0.25, 0.3) is 0 Å². The Morgan fingerprint density at radius 2 is 2.04 bits per heavy atom. The zero-order valence-electron chi connectivity index (χ0n) is 12.9. The maximum absolute atomic E-state index is 13.5. The third-order valence-corrected chi connectivity index (χ3v) is 3.35. The zero-order valence-corrected chi connectivity index (χ0v) is 13.6. The summed E-state index contributed by atoms with van der Waals surface area (Å²) in [7, 11) is 0. The Bertz CT molecular complexity index is 756. The van der Waals surface area contributed by atoms with Gasteiger partial charge in [-0.2, -0.15) is 0 Å². The monoisotopic (exact) mass is 346 g/mol. The molecule has 24 heavy (non-hydrogen) atoms. The molecule has 0 aliphatic carbocycles. The summed E-state index contributed by atoms with van der Waals surface area (Å²) < 4.78 is 23.9. The molecule has 2 aromatic rings. The summed E-state index contributed by atoms with van der Waals surface area (Å²) in [6, 6.07) is 11.4. The Kier molecular flexibility index (Phi) is 6.58. The van der Waals surface area contributed by atoms with Gasteiger partial charge in [-0.15, -0.1) is 0 Å². The standard InChI is InChI=1S/C19H16ClFO3/c1-2-11-23-19(22)10-8-14-7-9-18(16(20)12-14)24-13-15-5-3-4-6-17(15)21/h2-10,12H,1,11,13H2/b10-8+. The van der Waals surface area contributed by atoms with Gasteiger partial charge in [0, 0.05) is 11.6 Å². The van der Waals surface area contributed by atoms with Gasteiger partial charge in [0.1, 0.15) is 24.8 Å². The van der Waals surface area contributed by atoms with E-state index in [1.165, 1.54) is 18.2 Å². The number of hydrogen-bond donors (Lipinski definition) is 0. The fraction of sp³-hybridized carbons (Fsp3) is 0.105. The summed E-state index contributed by atoms with van der Waals surface area (Å²) in [5, 5.41) is 0.368. The van der Waals surface area contributed by atoms with E-state index >= 15 is 0 Å². The third-order valence-electron chi connectivity index (χ3n) is 3.05. The Morgan fingerprint density at radius 3 is 2.75 bits per heavy atom. The molecular formula is C19H16ClFO3. The molecule has 0 heterocycles. The van der Waals surface area contributed by atoms with Crippen LogP contribution in [0.3, 0.4) is 0 Å². The highest BCUT2D eigenvalue weighted by atomic mass is 35.5. The lowest BCUT2D eigenvalue weighted by Gasteiger charge is -2.09. The van der Waals surface area contributed by atoms with E-state index in [9.17, 15) is 9.18 Å². The van der Waals surface area contributed by atoms with E-state index in [1.54, 1.807) is 42.5 Å². The first-order valence-electron chi connectivity index (χ1n) is 7.21. The fourth-order valence-corrected chi connectivity index (χ4v) is 2.11. The van der Waals surface area contributed by atoms with Crippen molar-refractivity contribution < 1.29 is 18.7 Å². The molecule has 0 aromatic heterocycles. The number of benzene rings is 2. The van der Waals surface area contributed by atoms with Gasteiger partial charge in [-0.25, -0.2) is 9.18 Å². The minimum absolute atomic E-state index is 0.0788. The molecule has 0 aliphatic rings. The lowest BCUT2D eigenvalue weighted by atomic mass is 10.2. The quantitative estimate of drug-likeness (QED) is 0.410. The normalized spacial score (nSPS) is 10.6. The molecule has 0 atom stereocenters. The highest BCUT2D eigenvalue weighted by molar-refractivity contribution is 6.32. The van der Waals surface area contributed by atoms with Gasteiger partial charge in [0.05, 0.1) is 5.02 Å². The molecule has 0 spiro atoms. The van der Waals surface area contributed by atoms with Crippen LogP contribution >= 0.6 is 11.6 Å². The van der Waals surface area contributed by atoms with Crippen LogP contribution in [-0.2, 0) is 16.1 Å². The summed E-state index contributed by atoms with van der Waals surface area (Å²) in [4.78, 5) is 11.4. The molecule has 0 amide bonds. The van der Waals surface area contributed by atoms with Crippen LogP contribution in [0.1, 0.15) is 11.1 Å². The molecule has 3 nitrogen and oxygen atoms in total. The predicted octanol–water partition coefficient (Wildman–Crippen LogP) is 4.80. The Morgan fingerprint density at radius 1 is 1.25 bits per heavy atom. The number of ether oxygens (including phenoxy) is 2. The van der Waals surface area contributed by atoms with Crippen LogP contribution in [-0.4, -0.2) is 12.6 Å². The molecule has 0 N–H and O–H groups in total. The molecule has 0 aliphatic heterocycles. The maximum atomic E-state index is 13.5. The fourth-order valence-electron chi connectivity index (χ4n) is 1.86. The number of carbonyl (C=O) groups excluding carboxylic acids is 1. The average molecular weight is 347 g/mol. The van der Waals surface area contributed by atoms with Crippen molar-refractivity contribution in [1.82, 2.24) is 0 Å². The maximum Gasteiger partial charge on any atom is 0.331 e. The SMILES string of the molecule is C=CCOC(=O)/C=C/c1ccc(OCc2ccccc2F)c(Cl)c1. The molecule has 0 bridgehead atoms. The topological polar surface area (TPSA) is 35.5 Å². The van der Waals surface area contributed by atoms with Gasteiger partial charge >= 0.3 is 5.97 Å². The van der Waals surface area contributed by atoms with Gasteiger partial charge in [0.2, 0.25) is 0 Å². The van der Waals surface area contributed by atoms with Crippen LogP contribution in [0.4, 0.5) is 4.39 Å². The van der Waals surface area contributed by atoms with Crippen molar-refractivity contribution in [3.8, 4) is 5.75 Å². The van der Waals surface area contributed by atoms with E-state index < -0.39 is 5.97 Å². The summed E-state index contributed by atoms with van der Waals surface area (Å²) in [5.74, 6) is -0.358. The highest BCUT2D eigenvalue weighted by Gasteiger charge is 2.06. The van der Waals surface area contributed by atoms with Gasteiger partial charge in [0.15, 0.2) is 0 Å². The zero-order chi connectivity index (χ0) is 17.4. The van der Waals surface area contributed by atoms with E-state index in [2.05, 4.69) is 6.58 Å². The Hall–Kier alpha value is -2.59. The van der Waals surface area contributed by atoms with Crippen LogP contribution in [0.25, 0.3) is 6.08 Å². The molecule has 0 fully saturated rings. The number of hydrogen-bond acceptors (Lipinski definition) is 3. The lowest BCUT2D eigenvalue weighted by molar-refractivity contribution is -0.136. The second-order valence-corrected chi connectivity index (χ2v) is 5.23. The van der Waals surface area contributed by atoms with Crippen LogP contribution in [0.15, 0.2) is 61.2 Å². The van der Waals surface area contributed by atoms with Crippen molar-refractivity contribution in [2.45, 2.75) is 6.61 Å². The van der Waals surface area contributed by atoms with Crippen LogP contribution < -0.4 is 4.74 Å². The number of rotatable bonds is 7. The van der Waals surface area contributed by atoms with Gasteiger partial charge in [-0.1, -0.05) is 48.5 Å². The van der Waals surface area contributed by atoms with E-state index in [4.69, 9.17) is 21.1 Å². The van der Waals surface area contributed by atoms with Crippen molar-refractivity contribution in [3.63, 3.8) is 0 Å². The minimum Gasteiger partial charge on any atom is -0.487 e. The number of carbonyl (C=O) groups is 1. The van der Waals surface area contributed by atoms with Crippen molar-refractivity contribution >= 4 is 23.6 Å². The summed E-state index contributed by atoms with van der Waals surface area (Å²) in [5.41, 5.74) is 1.16. The van der Waals surface area contributed by atoms with E-state index in [0.717, 1.165) is 0 Å². The van der Waals surface area contributed by atoms with Crippen LogP contribution in [0, 0.1) is 5.82 Å². The second kappa shape index (κ2) is 8.89. The molecule has 0 radical (unpaired) electrons. The van der Waals surface area contributed by atoms with Gasteiger partial charge in [-0.05, 0) is 29.8 Å².